The van der Waals surface area contributed by atoms with Crippen molar-refractivity contribution >= 4 is 22.4 Å². The smallest absolute Gasteiger partial charge is 0.258 e. The number of aryl methyl sites for hydroxylation is 1. The lowest BCUT2D eigenvalue weighted by atomic mass is 9.94. The first-order valence-corrected chi connectivity index (χ1v) is 14.9. The molecule has 2 aromatic carbocycles. The molecule has 4 aromatic rings. The summed E-state index contributed by atoms with van der Waals surface area (Å²) in [6.07, 6.45) is 9.45. The zero-order valence-electron chi connectivity index (χ0n) is 24.8. The van der Waals surface area contributed by atoms with E-state index in [9.17, 15) is 9.59 Å². The Balaban J connectivity index is 1.43. The highest BCUT2D eigenvalue weighted by molar-refractivity contribution is 6.07. The van der Waals surface area contributed by atoms with Gasteiger partial charge in [0.25, 0.3) is 11.5 Å². The van der Waals surface area contributed by atoms with Crippen molar-refractivity contribution < 1.29 is 4.79 Å². The second-order valence-corrected chi connectivity index (χ2v) is 12.0. The van der Waals surface area contributed by atoms with Gasteiger partial charge in [-0.2, -0.15) is 0 Å². The minimum Gasteiger partial charge on any atom is -0.382 e. The molecule has 1 aliphatic carbocycles. The second kappa shape index (κ2) is 11.6. The van der Waals surface area contributed by atoms with Crippen LogP contribution < -0.4 is 10.9 Å². The summed E-state index contributed by atoms with van der Waals surface area (Å²) in [6.45, 7) is 8.13. The average Bonchev–Trinajstić information content (AvgIpc) is 3.83. The van der Waals surface area contributed by atoms with Crippen molar-refractivity contribution in [3.8, 4) is 11.1 Å². The van der Waals surface area contributed by atoms with Gasteiger partial charge in [-0.1, -0.05) is 24.8 Å². The van der Waals surface area contributed by atoms with Crippen molar-refractivity contribution in [2.45, 2.75) is 51.2 Å². The van der Waals surface area contributed by atoms with Crippen molar-refractivity contribution in [3.05, 3.63) is 106 Å². The van der Waals surface area contributed by atoms with Crippen molar-refractivity contribution in [2.24, 2.45) is 0 Å². The highest BCUT2D eigenvalue weighted by atomic mass is 16.2. The molecule has 0 atom stereocenters. The summed E-state index contributed by atoms with van der Waals surface area (Å²) in [6, 6.07) is 17.1. The molecule has 1 aliphatic heterocycles. The molecule has 6 rings (SSSR count). The van der Waals surface area contributed by atoms with Gasteiger partial charge in [-0.05, 0) is 105 Å². The van der Waals surface area contributed by atoms with E-state index in [-0.39, 0.29) is 11.5 Å². The molecule has 0 unspecified atom stereocenters. The maximum atomic E-state index is 14.1. The van der Waals surface area contributed by atoms with Crippen LogP contribution in [0.15, 0.2) is 78.5 Å². The third-order valence-electron chi connectivity index (χ3n) is 8.75. The zero-order chi connectivity index (χ0) is 29.4. The Labute approximate surface area is 247 Å². The maximum Gasteiger partial charge on any atom is 0.258 e. The van der Waals surface area contributed by atoms with E-state index in [0.717, 1.165) is 46.4 Å². The lowest BCUT2D eigenvalue weighted by molar-refractivity contribution is 0.0664. The summed E-state index contributed by atoms with van der Waals surface area (Å²) in [5, 5.41) is 4.75. The number of rotatable bonds is 8. The van der Waals surface area contributed by atoms with Crippen molar-refractivity contribution in [3.63, 3.8) is 0 Å². The predicted octanol–water partition coefficient (Wildman–Crippen LogP) is 5.31. The molecular formula is C35H39N5O2. The molecule has 2 aliphatic rings. The number of carbonyl (C=O) groups is 1. The maximum absolute atomic E-state index is 14.1. The van der Waals surface area contributed by atoms with Crippen LogP contribution in [0, 0.1) is 6.92 Å². The number of carbonyl (C=O) groups excluding carboxylic acids is 1. The number of nitrogens with zero attached hydrogens (tertiary/aromatic N) is 4. The summed E-state index contributed by atoms with van der Waals surface area (Å²) < 4.78 is 1.66. The summed E-state index contributed by atoms with van der Waals surface area (Å²) in [5.41, 5.74) is 6.57. The van der Waals surface area contributed by atoms with Crippen LogP contribution in [0.2, 0.25) is 0 Å². The van der Waals surface area contributed by atoms with Gasteiger partial charge in [0.1, 0.15) is 0 Å². The number of amides is 1. The Kier molecular flexibility index (Phi) is 7.69. The number of aromatic nitrogens is 2. The number of hydrogen-bond donors (Lipinski definition) is 1. The SMILES string of the molecule is C=C(NC1CC1)c1ccc(C)c(-c2ccc3c(=O)n(Cc4ccncc4)cc(C(=O)N4CCC(N(C)C)CC4)c3c2)c1. The molecule has 2 fully saturated rings. The second-order valence-electron chi connectivity index (χ2n) is 12.0. The predicted molar refractivity (Wildman–Crippen MR) is 170 cm³/mol. The van der Waals surface area contributed by atoms with Crippen molar-refractivity contribution in [1.82, 2.24) is 24.7 Å². The Morgan fingerprint density at radius 1 is 1.00 bits per heavy atom. The quantitative estimate of drug-likeness (QED) is 0.316. The molecule has 0 bridgehead atoms. The van der Waals surface area contributed by atoms with Crippen LogP contribution in [0.25, 0.3) is 27.6 Å². The number of nitrogens with one attached hydrogen (secondary N) is 1. The van der Waals surface area contributed by atoms with E-state index in [2.05, 4.69) is 61.0 Å². The first-order chi connectivity index (χ1) is 20.3. The van der Waals surface area contributed by atoms with Crippen LogP contribution in [-0.2, 0) is 6.54 Å². The molecule has 1 saturated heterocycles. The molecule has 1 N–H and O–H groups in total. The minimum absolute atomic E-state index is 0.0229. The van der Waals surface area contributed by atoms with Gasteiger partial charge in [0.15, 0.2) is 0 Å². The molecule has 42 heavy (non-hydrogen) atoms. The van der Waals surface area contributed by atoms with Crippen molar-refractivity contribution in [2.75, 3.05) is 27.2 Å². The molecule has 2 aromatic heterocycles. The summed E-state index contributed by atoms with van der Waals surface area (Å²) in [5.74, 6) is -0.0229. The zero-order valence-corrected chi connectivity index (χ0v) is 24.8. The summed E-state index contributed by atoms with van der Waals surface area (Å²) >= 11 is 0. The van der Waals surface area contributed by atoms with Gasteiger partial charge in [0, 0.05) is 60.2 Å². The molecule has 0 spiro atoms. The standard InChI is InChI=1S/C35H39N5O2/c1-23-5-6-26(24(2)37-28-8-9-28)19-31(23)27-7-10-30-32(20-27)33(35(42)39-17-13-29(14-18-39)38(3)4)22-40(34(30)41)21-25-11-15-36-16-12-25/h5-7,10-12,15-16,19-20,22,28-29,37H,2,8-9,13-14,17-18,21H2,1,3-4H3. The fourth-order valence-corrected chi connectivity index (χ4v) is 5.97. The van der Waals surface area contributed by atoms with Gasteiger partial charge < -0.3 is 19.7 Å². The number of pyridine rings is 2. The number of likely N-dealkylation sites (tertiary alicyclic amines) is 1. The van der Waals surface area contributed by atoms with Crippen LogP contribution in [0.5, 0.6) is 0 Å². The molecular weight excluding hydrogens is 522 g/mol. The van der Waals surface area contributed by atoms with Gasteiger partial charge in [-0.15, -0.1) is 0 Å². The highest BCUT2D eigenvalue weighted by Crippen LogP contribution is 2.31. The highest BCUT2D eigenvalue weighted by Gasteiger charge is 2.27. The minimum atomic E-state index is -0.108. The lowest BCUT2D eigenvalue weighted by Crippen LogP contribution is -2.44. The van der Waals surface area contributed by atoms with Crippen LogP contribution in [0.4, 0.5) is 0 Å². The first-order valence-electron chi connectivity index (χ1n) is 14.9. The Bertz CT molecular complexity index is 1700. The molecule has 1 amide bonds. The largest absolute Gasteiger partial charge is 0.382 e. The summed E-state index contributed by atoms with van der Waals surface area (Å²) in [7, 11) is 4.20. The molecule has 7 heteroatoms. The van der Waals surface area contributed by atoms with E-state index in [1.807, 2.05) is 35.2 Å². The van der Waals surface area contributed by atoms with E-state index in [1.165, 1.54) is 12.8 Å². The monoisotopic (exact) mass is 561 g/mol. The fourth-order valence-electron chi connectivity index (χ4n) is 5.97. The van der Waals surface area contributed by atoms with Gasteiger partial charge in [-0.3, -0.25) is 14.6 Å². The third-order valence-corrected chi connectivity index (χ3v) is 8.75. The van der Waals surface area contributed by atoms with Crippen LogP contribution in [0.1, 0.15) is 52.7 Å². The van der Waals surface area contributed by atoms with Crippen molar-refractivity contribution in [1.29, 1.82) is 0 Å². The van der Waals surface area contributed by atoms with Crippen LogP contribution in [0.3, 0.4) is 0 Å². The Morgan fingerprint density at radius 3 is 2.43 bits per heavy atom. The topological polar surface area (TPSA) is 70.5 Å². The Hall–Kier alpha value is -4.23. The molecule has 1 saturated carbocycles. The number of hydrogen-bond acceptors (Lipinski definition) is 5. The van der Waals surface area contributed by atoms with E-state index >= 15 is 0 Å². The molecule has 216 valence electrons. The molecule has 7 nitrogen and oxygen atoms in total. The van der Waals surface area contributed by atoms with E-state index in [4.69, 9.17) is 0 Å². The van der Waals surface area contributed by atoms with E-state index in [0.29, 0.717) is 48.1 Å². The molecule has 0 radical (unpaired) electrons. The third kappa shape index (κ3) is 5.74. The van der Waals surface area contributed by atoms with Gasteiger partial charge in [-0.25, -0.2) is 0 Å². The number of benzene rings is 2. The van der Waals surface area contributed by atoms with Crippen LogP contribution >= 0.6 is 0 Å². The summed E-state index contributed by atoms with van der Waals surface area (Å²) in [4.78, 5) is 36.2. The van der Waals surface area contributed by atoms with E-state index < -0.39 is 0 Å². The average molecular weight is 562 g/mol. The molecule has 3 heterocycles. The number of piperidine rings is 1. The first kappa shape index (κ1) is 27.9. The van der Waals surface area contributed by atoms with Gasteiger partial charge >= 0.3 is 0 Å². The normalized spacial score (nSPS) is 15.8. The van der Waals surface area contributed by atoms with E-state index in [1.54, 1.807) is 23.2 Å². The van der Waals surface area contributed by atoms with Gasteiger partial charge in [0.2, 0.25) is 0 Å². The fraction of sp³-hybridized carbons (Fsp3) is 0.343. The van der Waals surface area contributed by atoms with Gasteiger partial charge in [0.05, 0.1) is 12.1 Å². The number of fused-ring (bicyclic) bond motifs is 1. The Morgan fingerprint density at radius 2 is 1.74 bits per heavy atom. The lowest BCUT2D eigenvalue weighted by Gasteiger charge is -2.35. The van der Waals surface area contributed by atoms with Crippen LogP contribution in [-0.4, -0.2) is 64.5 Å².